The molecule has 0 saturated carbocycles. The molecule has 1 aliphatic rings. The molecule has 0 spiro atoms. The van der Waals surface area contributed by atoms with Crippen molar-refractivity contribution in [2.75, 3.05) is 11.1 Å². The minimum absolute atomic E-state index is 0.108. The molecule has 1 N–H and O–H groups in total. The van der Waals surface area contributed by atoms with E-state index in [-0.39, 0.29) is 11.7 Å². The second-order valence-electron chi connectivity index (χ2n) is 8.15. The number of carbonyl (C=O) groups excluding carboxylic acids is 1. The quantitative estimate of drug-likeness (QED) is 0.281. The van der Waals surface area contributed by atoms with E-state index in [1.165, 1.54) is 45.5 Å². The molecule has 1 atom stereocenters. The van der Waals surface area contributed by atoms with Gasteiger partial charge >= 0.3 is 0 Å². The predicted molar refractivity (Wildman–Crippen MR) is 140 cm³/mol. The Hall–Kier alpha value is -2.01. The number of benzene rings is 1. The van der Waals surface area contributed by atoms with Crippen molar-refractivity contribution in [3.63, 3.8) is 0 Å². The molecule has 10 heteroatoms. The SMILES string of the molecule is CC1CCc2c(-c3nnc(SCC(=O)Nc4nc(-c5ccc(Br)cc5)cs4)n3C)csc2C1. The van der Waals surface area contributed by atoms with Crippen LogP contribution >= 0.6 is 50.4 Å². The Bertz CT molecular complexity index is 1290. The van der Waals surface area contributed by atoms with Crippen LogP contribution in [0.15, 0.2) is 44.7 Å². The molecule has 33 heavy (non-hydrogen) atoms. The number of nitrogens with one attached hydrogen (secondary N) is 1. The second-order valence-corrected chi connectivity index (χ2v) is 11.8. The molecule has 5 rings (SSSR count). The lowest BCUT2D eigenvalue weighted by Crippen LogP contribution is -2.14. The van der Waals surface area contributed by atoms with E-state index >= 15 is 0 Å². The van der Waals surface area contributed by atoms with Crippen LogP contribution in [0.5, 0.6) is 0 Å². The predicted octanol–water partition coefficient (Wildman–Crippen LogP) is 6.29. The highest BCUT2D eigenvalue weighted by atomic mass is 79.9. The third-order valence-electron chi connectivity index (χ3n) is 5.70. The van der Waals surface area contributed by atoms with Gasteiger partial charge < -0.3 is 9.88 Å². The maximum absolute atomic E-state index is 12.5. The van der Waals surface area contributed by atoms with Crippen LogP contribution in [0.2, 0.25) is 0 Å². The van der Waals surface area contributed by atoms with Crippen molar-refractivity contribution >= 4 is 61.4 Å². The van der Waals surface area contributed by atoms with Crippen LogP contribution in [0.1, 0.15) is 23.8 Å². The second kappa shape index (κ2) is 9.69. The molecular weight excluding hydrogens is 538 g/mol. The highest BCUT2D eigenvalue weighted by Gasteiger charge is 2.23. The molecule has 0 bridgehead atoms. The van der Waals surface area contributed by atoms with E-state index in [1.54, 1.807) is 0 Å². The van der Waals surface area contributed by atoms with Gasteiger partial charge in [0.05, 0.1) is 11.4 Å². The normalized spacial score (nSPS) is 15.4. The van der Waals surface area contributed by atoms with E-state index in [0.29, 0.717) is 5.13 Å². The fourth-order valence-corrected chi connectivity index (χ4v) is 6.86. The Morgan fingerprint density at radius 2 is 2.06 bits per heavy atom. The first kappa shape index (κ1) is 22.8. The number of nitrogens with zero attached hydrogens (tertiary/aromatic N) is 4. The van der Waals surface area contributed by atoms with Crippen LogP contribution < -0.4 is 5.32 Å². The third kappa shape index (κ3) is 4.94. The van der Waals surface area contributed by atoms with Crippen molar-refractivity contribution in [1.82, 2.24) is 19.7 Å². The molecule has 0 aliphatic heterocycles. The third-order valence-corrected chi connectivity index (χ3v) is 9.06. The lowest BCUT2D eigenvalue weighted by Gasteiger charge is -2.18. The standard InChI is InChI=1S/C23H22BrN5OS3/c1-13-3-8-16-17(10-31-19(16)9-13)21-27-28-23(29(21)2)33-12-20(30)26-22-25-18(11-32-22)14-4-6-15(24)7-5-14/h4-7,10-11,13H,3,8-9,12H2,1-2H3,(H,25,26,30). The zero-order valence-electron chi connectivity index (χ0n) is 18.2. The summed E-state index contributed by atoms with van der Waals surface area (Å²) in [5, 5.41) is 17.2. The van der Waals surface area contributed by atoms with Crippen LogP contribution in [0.3, 0.4) is 0 Å². The number of anilines is 1. The lowest BCUT2D eigenvalue weighted by molar-refractivity contribution is -0.113. The highest BCUT2D eigenvalue weighted by molar-refractivity contribution is 9.10. The first-order chi connectivity index (χ1) is 16.0. The summed E-state index contributed by atoms with van der Waals surface area (Å²) in [6.07, 6.45) is 3.47. The number of carbonyl (C=O) groups is 1. The summed E-state index contributed by atoms with van der Waals surface area (Å²) in [7, 11) is 1.97. The van der Waals surface area contributed by atoms with E-state index in [2.05, 4.69) is 48.7 Å². The molecule has 3 aromatic heterocycles. The first-order valence-electron chi connectivity index (χ1n) is 10.6. The Labute approximate surface area is 213 Å². The molecule has 1 aromatic carbocycles. The van der Waals surface area contributed by atoms with Gasteiger partial charge in [0.1, 0.15) is 0 Å². The summed E-state index contributed by atoms with van der Waals surface area (Å²) in [6, 6.07) is 7.95. The van der Waals surface area contributed by atoms with Gasteiger partial charge in [-0.05, 0) is 42.9 Å². The summed E-state index contributed by atoms with van der Waals surface area (Å²) in [4.78, 5) is 18.5. The average molecular weight is 561 g/mol. The van der Waals surface area contributed by atoms with E-state index in [0.717, 1.165) is 45.5 Å². The maximum atomic E-state index is 12.5. The number of rotatable bonds is 6. The Morgan fingerprint density at radius 3 is 2.88 bits per heavy atom. The molecule has 1 aliphatic carbocycles. The van der Waals surface area contributed by atoms with Gasteiger partial charge in [-0.3, -0.25) is 4.79 Å². The lowest BCUT2D eigenvalue weighted by atomic mass is 9.88. The topological polar surface area (TPSA) is 72.7 Å². The Kier molecular flexibility index (Phi) is 6.69. The van der Waals surface area contributed by atoms with E-state index in [9.17, 15) is 4.79 Å². The molecule has 4 aromatic rings. The smallest absolute Gasteiger partial charge is 0.236 e. The number of thioether (sulfide) groups is 1. The number of amides is 1. The van der Waals surface area contributed by atoms with Crippen molar-refractivity contribution in [1.29, 1.82) is 0 Å². The van der Waals surface area contributed by atoms with Crippen LogP contribution in [-0.2, 0) is 24.7 Å². The number of thiazole rings is 1. The van der Waals surface area contributed by atoms with Crippen molar-refractivity contribution in [2.45, 2.75) is 31.3 Å². The van der Waals surface area contributed by atoms with Crippen molar-refractivity contribution < 1.29 is 4.79 Å². The van der Waals surface area contributed by atoms with Crippen LogP contribution in [-0.4, -0.2) is 31.4 Å². The van der Waals surface area contributed by atoms with Gasteiger partial charge in [0, 0.05) is 38.3 Å². The van der Waals surface area contributed by atoms with Crippen LogP contribution in [0.4, 0.5) is 5.13 Å². The van der Waals surface area contributed by atoms with Crippen LogP contribution in [0.25, 0.3) is 22.6 Å². The molecule has 170 valence electrons. The number of aromatic nitrogens is 4. The Morgan fingerprint density at radius 1 is 1.24 bits per heavy atom. The average Bonchev–Trinajstić information content (AvgIpc) is 3.51. The Balaban J connectivity index is 1.22. The minimum atomic E-state index is -0.108. The highest BCUT2D eigenvalue weighted by Crippen LogP contribution is 2.38. The monoisotopic (exact) mass is 559 g/mol. The molecule has 6 nitrogen and oxygen atoms in total. The van der Waals surface area contributed by atoms with E-state index in [4.69, 9.17) is 0 Å². The number of hydrogen-bond acceptors (Lipinski definition) is 7. The molecule has 1 unspecified atom stereocenters. The van der Waals surface area contributed by atoms with Crippen molar-refractivity contribution in [2.24, 2.45) is 13.0 Å². The molecule has 3 heterocycles. The summed E-state index contributed by atoms with van der Waals surface area (Å²) in [6.45, 7) is 2.32. The number of fused-ring (bicyclic) bond motifs is 1. The van der Waals surface area contributed by atoms with Gasteiger partial charge in [-0.15, -0.1) is 32.9 Å². The fraction of sp³-hybridized carbons (Fsp3) is 0.304. The zero-order chi connectivity index (χ0) is 22.9. The van der Waals surface area contributed by atoms with Gasteiger partial charge in [0.2, 0.25) is 5.91 Å². The number of halogens is 1. The molecule has 0 radical (unpaired) electrons. The number of hydrogen-bond donors (Lipinski definition) is 1. The largest absolute Gasteiger partial charge is 0.305 e. The molecular formula is C23H22BrN5OS3. The zero-order valence-corrected chi connectivity index (χ0v) is 22.2. The summed E-state index contributed by atoms with van der Waals surface area (Å²) in [5.74, 6) is 1.77. The van der Waals surface area contributed by atoms with E-state index in [1.807, 2.05) is 52.6 Å². The first-order valence-corrected chi connectivity index (χ1v) is 14.1. The molecule has 0 fully saturated rings. The van der Waals surface area contributed by atoms with Gasteiger partial charge in [0.25, 0.3) is 0 Å². The molecule has 0 saturated heterocycles. The minimum Gasteiger partial charge on any atom is -0.305 e. The van der Waals surface area contributed by atoms with Gasteiger partial charge in [-0.1, -0.05) is 46.7 Å². The van der Waals surface area contributed by atoms with Gasteiger partial charge in [-0.25, -0.2) is 4.98 Å². The van der Waals surface area contributed by atoms with Crippen molar-refractivity contribution in [3.8, 4) is 22.6 Å². The summed E-state index contributed by atoms with van der Waals surface area (Å²) < 4.78 is 3.01. The maximum Gasteiger partial charge on any atom is 0.236 e. The van der Waals surface area contributed by atoms with Gasteiger partial charge in [0.15, 0.2) is 16.1 Å². The number of thiophene rings is 1. The van der Waals surface area contributed by atoms with Crippen LogP contribution in [0, 0.1) is 5.92 Å². The molecule has 1 amide bonds. The van der Waals surface area contributed by atoms with E-state index < -0.39 is 0 Å². The fourth-order valence-electron chi connectivity index (χ4n) is 3.91. The van der Waals surface area contributed by atoms with Crippen molar-refractivity contribution in [3.05, 3.63) is 49.9 Å². The summed E-state index contributed by atoms with van der Waals surface area (Å²) >= 11 is 8.08. The summed E-state index contributed by atoms with van der Waals surface area (Å²) in [5.41, 5.74) is 4.48. The van der Waals surface area contributed by atoms with Gasteiger partial charge in [-0.2, -0.15) is 0 Å².